The fourth-order valence-electron chi connectivity index (χ4n) is 8.23. The van der Waals surface area contributed by atoms with Crippen molar-refractivity contribution in [2.24, 2.45) is 16.7 Å². The number of rotatable bonds is 7. The molecule has 210 valence electrons. The molecule has 0 aliphatic heterocycles. The quantitative estimate of drug-likeness (QED) is 0.288. The Balaban J connectivity index is 1.22. The molecule has 0 aromatic heterocycles. The lowest BCUT2D eigenvalue weighted by atomic mass is 9.43. The van der Waals surface area contributed by atoms with Crippen LogP contribution >= 0.6 is 23.2 Å². The van der Waals surface area contributed by atoms with Crippen molar-refractivity contribution in [3.8, 4) is 11.5 Å². The van der Waals surface area contributed by atoms with Crippen LogP contribution in [0.1, 0.15) is 62.7 Å². The third-order valence-electron chi connectivity index (χ3n) is 8.67. The highest BCUT2D eigenvalue weighted by molar-refractivity contribution is 7.92. The fourth-order valence-corrected chi connectivity index (χ4v) is 9.66. The van der Waals surface area contributed by atoms with Gasteiger partial charge >= 0.3 is 0 Å². The van der Waals surface area contributed by atoms with Crippen LogP contribution in [-0.4, -0.2) is 19.9 Å². The third-order valence-corrected chi connectivity index (χ3v) is 10.6. The van der Waals surface area contributed by atoms with E-state index >= 15 is 0 Å². The SMILES string of the molecule is C[C@]12CC3CC(NC(=O)c4cc(Cl)ccc4NS(=O)(=O)c4ccc(Oc5ccccc5Cl)cc4)(C1)C[C@](C)(C3)C2. The molecule has 1 amide bonds. The second kappa shape index (κ2) is 9.68. The number of halogens is 2. The zero-order chi connectivity index (χ0) is 28.3. The van der Waals surface area contributed by atoms with Gasteiger partial charge in [0.05, 0.1) is 21.2 Å². The highest BCUT2D eigenvalue weighted by Gasteiger charge is 2.60. The summed E-state index contributed by atoms with van der Waals surface area (Å²) in [5, 5.41) is 4.17. The first-order valence-electron chi connectivity index (χ1n) is 13.5. The van der Waals surface area contributed by atoms with E-state index in [1.165, 1.54) is 43.5 Å². The first-order valence-corrected chi connectivity index (χ1v) is 15.8. The van der Waals surface area contributed by atoms with Crippen LogP contribution in [0.25, 0.3) is 0 Å². The van der Waals surface area contributed by atoms with Crippen molar-refractivity contribution in [3.05, 3.63) is 82.3 Å². The van der Waals surface area contributed by atoms with Crippen molar-refractivity contribution in [1.29, 1.82) is 0 Å². The molecular formula is C31H32Cl2N2O4S. The van der Waals surface area contributed by atoms with E-state index in [1.807, 2.05) is 0 Å². The van der Waals surface area contributed by atoms with Crippen molar-refractivity contribution in [3.63, 3.8) is 0 Å². The number of anilines is 1. The van der Waals surface area contributed by atoms with Gasteiger partial charge in [-0.2, -0.15) is 0 Å². The first-order chi connectivity index (χ1) is 18.9. The number of amides is 1. The second-order valence-electron chi connectivity index (χ2n) is 12.7. The molecule has 2 N–H and O–H groups in total. The highest BCUT2D eigenvalue weighted by atomic mass is 35.5. The maximum absolute atomic E-state index is 13.7. The number of benzene rings is 3. The second-order valence-corrected chi connectivity index (χ2v) is 15.2. The van der Waals surface area contributed by atoms with Gasteiger partial charge in [0.1, 0.15) is 11.5 Å². The van der Waals surface area contributed by atoms with Crippen LogP contribution in [0.2, 0.25) is 10.0 Å². The van der Waals surface area contributed by atoms with E-state index in [1.54, 1.807) is 42.5 Å². The molecular weight excluding hydrogens is 567 g/mol. The van der Waals surface area contributed by atoms with Gasteiger partial charge in [-0.25, -0.2) is 8.42 Å². The molecule has 0 saturated heterocycles. The van der Waals surface area contributed by atoms with Crippen LogP contribution < -0.4 is 14.8 Å². The monoisotopic (exact) mass is 598 g/mol. The van der Waals surface area contributed by atoms with Gasteiger partial charge in [0.15, 0.2) is 0 Å². The topological polar surface area (TPSA) is 84.5 Å². The first kappa shape index (κ1) is 27.4. The molecule has 4 saturated carbocycles. The van der Waals surface area contributed by atoms with E-state index in [2.05, 4.69) is 23.9 Å². The summed E-state index contributed by atoms with van der Waals surface area (Å²) in [5.41, 5.74) is 0.556. The molecule has 0 unspecified atom stereocenters. The average Bonchev–Trinajstić information content (AvgIpc) is 2.84. The van der Waals surface area contributed by atoms with Crippen molar-refractivity contribution in [1.82, 2.24) is 5.32 Å². The lowest BCUT2D eigenvalue weighted by molar-refractivity contribution is -0.114. The summed E-state index contributed by atoms with van der Waals surface area (Å²) in [5.74, 6) is 1.21. The Labute approximate surface area is 245 Å². The molecule has 0 heterocycles. The summed E-state index contributed by atoms with van der Waals surface area (Å²) in [6.07, 6.45) is 6.48. The maximum atomic E-state index is 13.7. The number of carbonyl (C=O) groups is 1. The molecule has 4 aliphatic carbocycles. The minimum Gasteiger partial charge on any atom is -0.456 e. The fraction of sp³-hybridized carbons (Fsp3) is 0.387. The Hall–Kier alpha value is -2.74. The molecule has 4 aliphatic rings. The predicted molar refractivity (Wildman–Crippen MR) is 158 cm³/mol. The van der Waals surface area contributed by atoms with E-state index in [4.69, 9.17) is 27.9 Å². The normalized spacial score (nSPS) is 28.8. The standard InChI is InChI=1S/C31H32Cl2N2O4S/c1-29-14-20-15-30(2,17-29)19-31(16-20,18-29)34-28(36)24-13-21(32)7-12-26(24)35-40(37,38)23-10-8-22(9-11-23)39-27-6-4-3-5-25(27)33/h3-13,20,35H,14-19H2,1-2H3,(H,34,36)/t20?,29-,30-,31?/m1/s1. The van der Waals surface area contributed by atoms with Gasteiger partial charge in [0.25, 0.3) is 15.9 Å². The minimum atomic E-state index is -4.01. The Morgan fingerprint density at radius 2 is 1.57 bits per heavy atom. The zero-order valence-electron chi connectivity index (χ0n) is 22.5. The zero-order valence-corrected chi connectivity index (χ0v) is 24.8. The van der Waals surface area contributed by atoms with Crippen LogP contribution in [0.15, 0.2) is 71.6 Å². The Morgan fingerprint density at radius 1 is 0.900 bits per heavy atom. The van der Waals surface area contributed by atoms with Crippen LogP contribution in [0.5, 0.6) is 11.5 Å². The van der Waals surface area contributed by atoms with Gasteiger partial charge < -0.3 is 10.1 Å². The summed E-state index contributed by atoms with van der Waals surface area (Å²) < 4.78 is 35.1. The number of hydrogen-bond donors (Lipinski definition) is 2. The average molecular weight is 600 g/mol. The lowest BCUT2D eigenvalue weighted by Gasteiger charge is -2.65. The molecule has 7 rings (SSSR count). The van der Waals surface area contributed by atoms with E-state index in [0.29, 0.717) is 27.5 Å². The highest BCUT2D eigenvalue weighted by Crippen LogP contribution is 2.66. The molecule has 9 heteroatoms. The summed E-state index contributed by atoms with van der Waals surface area (Å²) in [6, 6.07) is 17.7. The van der Waals surface area contributed by atoms with E-state index in [9.17, 15) is 13.2 Å². The molecule has 3 aromatic rings. The third kappa shape index (κ3) is 5.31. The summed E-state index contributed by atoms with van der Waals surface area (Å²) in [4.78, 5) is 13.8. The summed E-state index contributed by atoms with van der Waals surface area (Å²) >= 11 is 12.4. The van der Waals surface area contributed by atoms with Gasteiger partial charge in [0, 0.05) is 10.6 Å². The molecule has 2 atom stereocenters. The van der Waals surface area contributed by atoms with Gasteiger partial charge in [-0.15, -0.1) is 0 Å². The van der Waals surface area contributed by atoms with Crippen LogP contribution in [0, 0.1) is 16.7 Å². The number of para-hydroxylation sites is 1. The van der Waals surface area contributed by atoms with E-state index in [0.717, 1.165) is 19.3 Å². The van der Waals surface area contributed by atoms with Crippen molar-refractivity contribution < 1.29 is 17.9 Å². The van der Waals surface area contributed by atoms with Gasteiger partial charge in [-0.3, -0.25) is 9.52 Å². The van der Waals surface area contributed by atoms with Crippen LogP contribution in [-0.2, 0) is 10.0 Å². The van der Waals surface area contributed by atoms with Gasteiger partial charge in [-0.05, 0) is 110 Å². The van der Waals surface area contributed by atoms with Crippen molar-refractivity contribution in [2.75, 3.05) is 4.72 Å². The minimum absolute atomic E-state index is 0.0299. The molecule has 6 nitrogen and oxygen atoms in total. The largest absolute Gasteiger partial charge is 0.456 e. The number of hydrogen-bond acceptors (Lipinski definition) is 4. The van der Waals surface area contributed by atoms with Crippen molar-refractivity contribution in [2.45, 2.75) is 62.8 Å². The smallest absolute Gasteiger partial charge is 0.261 e. The Morgan fingerprint density at radius 3 is 2.23 bits per heavy atom. The predicted octanol–water partition coefficient (Wildman–Crippen LogP) is 8.07. The number of nitrogens with one attached hydrogen (secondary N) is 2. The molecule has 40 heavy (non-hydrogen) atoms. The van der Waals surface area contributed by atoms with Crippen molar-refractivity contribution >= 4 is 44.8 Å². The number of sulfonamides is 1. The lowest BCUT2D eigenvalue weighted by Crippen LogP contribution is -2.65. The number of carbonyl (C=O) groups excluding carboxylic acids is 1. The number of ether oxygens (including phenoxy) is 1. The van der Waals surface area contributed by atoms with Crippen LogP contribution in [0.3, 0.4) is 0 Å². The molecule has 0 spiro atoms. The van der Waals surface area contributed by atoms with E-state index < -0.39 is 10.0 Å². The van der Waals surface area contributed by atoms with Crippen LogP contribution in [0.4, 0.5) is 5.69 Å². The van der Waals surface area contributed by atoms with Gasteiger partial charge in [0.2, 0.25) is 0 Å². The molecule has 4 fully saturated rings. The van der Waals surface area contributed by atoms with Gasteiger partial charge in [-0.1, -0.05) is 49.2 Å². The summed E-state index contributed by atoms with van der Waals surface area (Å²) in [6.45, 7) is 4.70. The van der Waals surface area contributed by atoms with E-state index in [-0.39, 0.29) is 38.4 Å². The Kier molecular flexibility index (Phi) is 6.63. The summed E-state index contributed by atoms with van der Waals surface area (Å²) in [7, 11) is -4.01. The molecule has 4 bridgehead atoms. The molecule has 3 aromatic carbocycles. The molecule has 0 radical (unpaired) electrons. The maximum Gasteiger partial charge on any atom is 0.261 e. The Bertz CT molecular complexity index is 1570.